The molecule has 0 saturated carbocycles. The fourth-order valence-electron chi connectivity index (χ4n) is 3.97. The number of halogens is 1. The lowest BCUT2D eigenvalue weighted by molar-refractivity contribution is 0.102. The van der Waals surface area contributed by atoms with Crippen molar-refractivity contribution in [3.05, 3.63) is 114 Å². The van der Waals surface area contributed by atoms with E-state index in [9.17, 15) is 9.18 Å². The molecule has 0 atom stereocenters. The standard InChI is InChI=1S/C28H22FN3O/c1-18-8-12-23(13-9-18)31-28(33)25-16-20(11-10-19(25)2)24-7-4-14-32-26(17-30-27(24)32)21-5-3-6-22(29)15-21/h3-17H,1-2H3,(H,31,33). The Morgan fingerprint density at radius 2 is 1.73 bits per heavy atom. The number of pyridine rings is 1. The van der Waals surface area contributed by atoms with E-state index in [1.165, 1.54) is 12.1 Å². The van der Waals surface area contributed by atoms with Crippen molar-refractivity contribution < 1.29 is 9.18 Å². The highest BCUT2D eigenvalue weighted by molar-refractivity contribution is 6.06. The van der Waals surface area contributed by atoms with Gasteiger partial charge in [-0.2, -0.15) is 0 Å². The average molecular weight is 436 g/mol. The number of nitrogens with zero attached hydrogens (tertiary/aromatic N) is 2. The number of rotatable bonds is 4. The molecule has 0 aliphatic carbocycles. The Kier molecular flexibility index (Phi) is 5.23. The van der Waals surface area contributed by atoms with Crippen LogP contribution in [0.3, 0.4) is 0 Å². The molecule has 0 aliphatic heterocycles. The number of carbonyl (C=O) groups excluding carboxylic acids is 1. The number of hydrogen-bond acceptors (Lipinski definition) is 2. The first kappa shape index (κ1) is 20.6. The van der Waals surface area contributed by atoms with Gasteiger partial charge in [0, 0.05) is 28.6 Å². The third-order valence-electron chi connectivity index (χ3n) is 5.76. The van der Waals surface area contributed by atoms with Gasteiger partial charge in [-0.3, -0.25) is 9.20 Å². The van der Waals surface area contributed by atoms with Gasteiger partial charge in [0.25, 0.3) is 5.91 Å². The summed E-state index contributed by atoms with van der Waals surface area (Å²) in [7, 11) is 0. The quantitative estimate of drug-likeness (QED) is 0.342. The highest BCUT2D eigenvalue weighted by atomic mass is 19.1. The summed E-state index contributed by atoms with van der Waals surface area (Å²) >= 11 is 0. The molecule has 0 unspecified atom stereocenters. The minimum Gasteiger partial charge on any atom is -0.322 e. The monoisotopic (exact) mass is 435 g/mol. The van der Waals surface area contributed by atoms with Crippen LogP contribution in [-0.4, -0.2) is 15.3 Å². The van der Waals surface area contributed by atoms with Gasteiger partial charge < -0.3 is 5.32 Å². The molecule has 5 heteroatoms. The molecular formula is C28H22FN3O. The number of imidazole rings is 1. The molecule has 4 nitrogen and oxygen atoms in total. The van der Waals surface area contributed by atoms with E-state index >= 15 is 0 Å². The number of hydrogen-bond donors (Lipinski definition) is 1. The van der Waals surface area contributed by atoms with Crippen molar-refractivity contribution in [3.63, 3.8) is 0 Å². The number of carbonyl (C=O) groups is 1. The predicted molar refractivity (Wildman–Crippen MR) is 130 cm³/mol. The lowest BCUT2D eigenvalue weighted by Gasteiger charge is -2.11. The first-order valence-electron chi connectivity index (χ1n) is 10.7. The molecule has 0 bridgehead atoms. The van der Waals surface area contributed by atoms with Crippen LogP contribution in [0.25, 0.3) is 28.0 Å². The van der Waals surface area contributed by atoms with Crippen molar-refractivity contribution in [1.29, 1.82) is 0 Å². The number of nitrogens with one attached hydrogen (secondary N) is 1. The Hall–Kier alpha value is -4.25. The zero-order chi connectivity index (χ0) is 22.9. The number of aromatic nitrogens is 2. The Morgan fingerprint density at radius 3 is 2.52 bits per heavy atom. The third kappa shape index (κ3) is 4.01. The van der Waals surface area contributed by atoms with Crippen LogP contribution >= 0.6 is 0 Å². The molecule has 2 aromatic heterocycles. The molecule has 3 aromatic carbocycles. The fraction of sp³-hybridized carbons (Fsp3) is 0.0714. The van der Waals surface area contributed by atoms with Crippen LogP contribution < -0.4 is 5.32 Å². The van der Waals surface area contributed by atoms with Crippen molar-refractivity contribution in [2.24, 2.45) is 0 Å². The maximum absolute atomic E-state index is 13.8. The second kappa shape index (κ2) is 8.36. The molecule has 1 amide bonds. The van der Waals surface area contributed by atoms with Gasteiger partial charge in [0.1, 0.15) is 11.5 Å². The van der Waals surface area contributed by atoms with Gasteiger partial charge in [0.2, 0.25) is 0 Å². The summed E-state index contributed by atoms with van der Waals surface area (Å²) in [6.07, 6.45) is 3.65. The van der Waals surface area contributed by atoms with E-state index in [2.05, 4.69) is 10.3 Å². The highest BCUT2D eigenvalue weighted by Gasteiger charge is 2.15. The minimum atomic E-state index is -0.290. The topological polar surface area (TPSA) is 46.4 Å². The summed E-state index contributed by atoms with van der Waals surface area (Å²) in [5.74, 6) is -0.449. The third-order valence-corrected chi connectivity index (χ3v) is 5.76. The molecule has 5 rings (SSSR count). The SMILES string of the molecule is Cc1ccc(NC(=O)c2cc(-c3cccn4c(-c5cccc(F)c5)cnc34)ccc2C)cc1. The van der Waals surface area contributed by atoms with Gasteiger partial charge in [-0.1, -0.05) is 42.0 Å². The maximum atomic E-state index is 13.8. The zero-order valence-corrected chi connectivity index (χ0v) is 18.3. The van der Waals surface area contributed by atoms with Crippen molar-refractivity contribution >= 4 is 17.2 Å². The summed E-state index contributed by atoms with van der Waals surface area (Å²) in [4.78, 5) is 17.6. The molecule has 0 saturated heterocycles. The average Bonchev–Trinajstić information content (AvgIpc) is 3.25. The van der Waals surface area contributed by atoms with E-state index in [4.69, 9.17) is 0 Å². The second-order valence-corrected chi connectivity index (χ2v) is 8.12. The molecule has 0 spiro atoms. The molecule has 162 valence electrons. The fourth-order valence-corrected chi connectivity index (χ4v) is 3.97. The van der Waals surface area contributed by atoms with Crippen molar-refractivity contribution in [2.75, 3.05) is 5.32 Å². The van der Waals surface area contributed by atoms with Gasteiger partial charge in [-0.05, 0) is 67.4 Å². The van der Waals surface area contributed by atoms with Gasteiger partial charge >= 0.3 is 0 Å². The highest BCUT2D eigenvalue weighted by Crippen LogP contribution is 2.30. The number of anilines is 1. The van der Waals surface area contributed by atoms with E-state index in [0.29, 0.717) is 5.56 Å². The van der Waals surface area contributed by atoms with Gasteiger partial charge in [0.05, 0.1) is 11.9 Å². The Balaban J connectivity index is 1.54. The van der Waals surface area contributed by atoms with E-state index in [0.717, 1.165) is 44.8 Å². The molecule has 2 heterocycles. The molecule has 0 fully saturated rings. The smallest absolute Gasteiger partial charge is 0.255 e. The summed E-state index contributed by atoms with van der Waals surface area (Å²) in [5, 5.41) is 2.98. The van der Waals surface area contributed by atoms with Crippen LogP contribution in [0.2, 0.25) is 0 Å². The Labute approximate surface area is 191 Å². The predicted octanol–water partition coefficient (Wildman–Crippen LogP) is 6.68. The van der Waals surface area contributed by atoms with Gasteiger partial charge in [-0.15, -0.1) is 0 Å². The molecule has 33 heavy (non-hydrogen) atoms. The lowest BCUT2D eigenvalue weighted by Crippen LogP contribution is -2.13. The van der Waals surface area contributed by atoms with Crippen LogP contribution in [0.15, 0.2) is 91.3 Å². The first-order valence-corrected chi connectivity index (χ1v) is 10.7. The molecular weight excluding hydrogens is 413 g/mol. The Bertz CT molecular complexity index is 1490. The second-order valence-electron chi connectivity index (χ2n) is 8.12. The van der Waals surface area contributed by atoms with Crippen LogP contribution in [0.1, 0.15) is 21.5 Å². The van der Waals surface area contributed by atoms with Crippen LogP contribution in [0, 0.1) is 19.7 Å². The molecule has 1 N–H and O–H groups in total. The molecule has 0 radical (unpaired) electrons. The number of benzene rings is 3. The van der Waals surface area contributed by atoms with Crippen molar-refractivity contribution in [2.45, 2.75) is 13.8 Å². The van der Waals surface area contributed by atoms with Crippen LogP contribution in [0.4, 0.5) is 10.1 Å². The van der Waals surface area contributed by atoms with E-state index in [1.807, 2.05) is 85.1 Å². The number of fused-ring (bicyclic) bond motifs is 1. The maximum Gasteiger partial charge on any atom is 0.255 e. The van der Waals surface area contributed by atoms with E-state index in [-0.39, 0.29) is 11.7 Å². The number of amides is 1. The minimum absolute atomic E-state index is 0.158. The van der Waals surface area contributed by atoms with Crippen LogP contribution in [-0.2, 0) is 0 Å². The zero-order valence-electron chi connectivity index (χ0n) is 18.3. The van der Waals surface area contributed by atoms with Crippen molar-refractivity contribution in [1.82, 2.24) is 9.38 Å². The van der Waals surface area contributed by atoms with Crippen LogP contribution in [0.5, 0.6) is 0 Å². The van der Waals surface area contributed by atoms with E-state index in [1.54, 1.807) is 12.3 Å². The van der Waals surface area contributed by atoms with Gasteiger partial charge in [-0.25, -0.2) is 9.37 Å². The van der Waals surface area contributed by atoms with E-state index < -0.39 is 0 Å². The first-order chi connectivity index (χ1) is 16.0. The summed E-state index contributed by atoms with van der Waals surface area (Å²) in [6, 6.07) is 23.9. The normalized spacial score (nSPS) is 11.0. The lowest BCUT2D eigenvalue weighted by atomic mass is 9.99. The summed E-state index contributed by atoms with van der Waals surface area (Å²) in [6.45, 7) is 3.93. The largest absolute Gasteiger partial charge is 0.322 e. The van der Waals surface area contributed by atoms with Crippen molar-refractivity contribution in [3.8, 4) is 22.4 Å². The number of aryl methyl sites for hydroxylation is 2. The summed E-state index contributed by atoms with van der Waals surface area (Å²) in [5.41, 5.74) is 7.46. The van der Waals surface area contributed by atoms with Gasteiger partial charge in [0.15, 0.2) is 0 Å². The summed E-state index contributed by atoms with van der Waals surface area (Å²) < 4.78 is 15.7. The molecule has 0 aliphatic rings. The molecule has 5 aromatic rings. The Morgan fingerprint density at radius 1 is 0.909 bits per heavy atom.